The first-order valence-corrected chi connectivity index (χ1v) is 11.3. The molecule has 10 heteroatoms. The molecule has 4 rings (SSSR count). The molecule has 0 atom stereocenters. The van der Waals surface area contributed by atoms with E-state index in [-0.39, 0.29) is 17.8 Å². The largest absolute Gasteiger partial charge is 0.495 e. The number of rotatable bonds is 6. The summed E-state index contributed by atoms with van der Waals surface area (Å²) in [6.07, 6.45) is 2.73. The van der Waals surface area contributed by atoms with E-state index in [1.54, 1.807) is 20.2 Å². The minimum atomic E-state index is -0.263. The number of amides is 1. The zero-order chi connectivity index (χ0) is 22.7. The fourth-order valence-electron chi connectivity index (χ4n) is 3.72. The van der Waals surface area contributed by atoms with Crippen molar-refractivity contribution in [2.24, 2.45) is 0 Å². The number of imidazole rings is 1. The number of benzene rings is 1. The number of aromatic nitrogens is 3. The molecule has 0 saturated carbocycles. The lowest BCUT2D eigenvalue weighted by Gasteiger charge is -2.32. The Morgan fingerprint density at radius 3 is 2.94 bits per heavy atom. The number of carbonyl (C=O) groups excluding carboxylic acids is 1. The van der Waals surface area contributed by atoms with Crippen LogP contribution in [0.5, 0.6) is 5.75 Å². The average molecular weight is 453 g/mol. The summed E-state index contributed by atoms with van der Waals surface area (Å²) in [5, 5.41) is 22.4. The summed E-state index contributed by atoms with van der Waals surface area (Å²) in [5.41, 5.74) is 4.06. The van der Waals surface area contributed by atoms with Gasteiger partial charge in [0.05, 0.1) is 41.9 Å². The molecule has 1 fully saturated rings. The third-order valence-electron chi connectivity index (χ3n) is 5.46. The average Bonchev–Trinajstić information content (AvgIpc) is 3.23. The lowest BCUT2D eigenvalue weighted by atomic mass is 10.1. The van der Waals surface area contributed by atoms with E-state index in [9.17, 15) is 9.90 Å². The first-order chi connectivity index (χ1) is 15.5. The highest BCUT2D eigenvalue weighted by Crippen LogP contribution is 2.33. The molecular formula is C22H24N6O3S. The second-order valence-electron chi connectivity index (χ2n) is 7.59. The van der Waals surface area contributed by atoms with Crippen LogP contribution in [0.1, 0.15) is 24.1 Å². The minimum Gasteiger partial charge on any atom is -0.495 e. The Hall–Kier alpha value is -3.29. The zero-order valence-corrected chi connectivity index (χ0v) is 18.7. The lowest BCUT2D eigenvalue weighted by molar-refractivity contribution is -0.113. The van der Waals surface area contributed by atoms with Crippen LogP contribution in [0.2, 0.25) is 0 Å². The number of carbonyl (C=O) groups is 1. The zero-order valence-electron chi connectivity index (χ0n) is 17.9. The Balaban J connectivity index is 1.42. The Bertz CT molecular complexity index is 1180. The van der Waals surface area contributed by atoms with Crippen LogP contribution in [0.15, 0.2) is 29.6 Å². The number of anilines is 2. The van der Waals surface area contributed by atoms with Gasteiger partial charge in [0.2, 0.25) is 5.91 Å². The highest BCUT2D eigenvalue weighted by Gasteiger charge is 2.20. The summed E-state index contributed by atoms with van der Waals surface area (Å²) >= 11 is 1.28. The van der Waals surface area contributed by atoms with E-state index in [2.05, 4.69) is 31.2 Å². The van der Waals surface area contributed by atoms with Crippen molar-refractivity contribution in [1.29, 1.82) is 5.26 Å². The van der Waals surface area contributed by atoms with Crippen LogP contribution in [0.25, 0.3) is 11.0 Å². The fourth-order valence-corrected chi connectivity index (χ4v) is 4.39. The third-order valence-corrected chi connectivity index (χ3v) is 6.33. The van der Waals surface area contributed by atoms with Gasteiger partial charge in [-0.3, -0.25) is 4.79 Å². The molecule has 2 aromatic heterocycles. The second-order valence-corrected chi connectivity index (χ2v) is 8.55. The molecule has 0 bridgehead atoms. The number of aliphatic hydroxyl groups is 1. The molecule has 32 heavy (non-hydrogen) atoms. The lowest BCUT2D eigenvalue weighted by Crippen LogP contribution is -2.36. The molecule has 0 aliphatic carbocycles. The van der Waals surface area contributed by atoms with Crippen LogP contribution < -0.4 is 15.0 Å². The van der Waals surface area contributed by atoms with Gasteiger partial charge in [0.1, 0.15) is 17.5 Å². The van der Waals surface area contributed by atoms with Gasteiger partial charge in [0, 0.05) is 24.3 Å². The SMILES string of the molecule is COc1ccc(NC(=O)CSc2nc3c(C)c(C#N)ncc3[nH]2)cc1N1CCC(O)CC1. The van der Waals surface area contributed by atoms with E-state index in [1.165, 1.54) is 11.8 Å². The van der Waals surface area contributed by atoms with Crippen molar-refractivity contribution >= 4 is 40.1 Å². The number of nitrogens with one attached hydrogen (secondary N) is 2. The molecular weight excluding hydrogens is 428 g/mol. The quantitative estimate of drug-likeness (QED) is 0.487. The van der Waals surface area contributed by atoms with Crippen molar-refractivity contribution in [2.45, 2.75) is 31.0 Å². The monoisotopic (exact) mass is 452 g/mol. The highest BCUT2D eigenvalue weighted by atomic mass is 32.2. The number of aromatic amines is 1. The van der Waals surface area contributed by atoms with Gasteiger partial charge in [-0.1, -0.05) is 11.8 Å². The number of aryl methyl sites for hydroxylation is 1. The fraction of sp³-hybridized carbons (Fsp3) is 0.364. The molecule has 3 aromatic rings. The van der Waals surface area contributed by atoms with E-state index < -0.39 is 0 Å². The van der Waals surface area contributed by atoms with Gasteiger partial charge in [-0.25, -0.2) is 9.97 Å². The Morgan fingerprint density at radius 2 is 2.22 bits per heavy atom. The second kappa shape index (κ2) is 9.46. The Kier molecular flexibility index (Phi) is 6.48. The Labute approximate surface area is 189 Å². The van der Waals surface area contributed by atoms with E-state index in [4.69, 9.17) is 10.00 Å². The highest BCUT2D eigenvalue weighted by molar-refractivity contribution is 7.99. The minimum absolute atomic E-state index is 0.159. The van der Waals surface area contributed by atoms with Gasteiger partial charge < -0.3 is 25.0 Å². The predicted molar refractivity (Wildman–Crippen MR) is 123 cm³/mol. The van der Waals surface area contributed by atoms with E-state index in [0.29, 0.717) is 40.5 Å². The van der Waals surface area contributed by atoms with Gasteiger partial charge in [0.25, 0.3) is 0 Å². The smallest absolute Gasteiger partial charge is 0.234 e. The van der Waals surface area contributed by atoms with E-state index in [0.717, 1.165) is 30.0 Å². The molecule has 3 heterocycles. The van der Waals surface area contributed by atoms with Crippen molar-refractivity contribution in [3.63, 3.8) is 0 Å². The van der Waals surface area contributed by atoms with Crippen LogP contribution in [0.3, 0.4) is 0 Å². The van der Waals surface area contributed by atoms with Crippen LogP contribution in [-0.4, -0.2) is 58.0 Å². The number of thioether (sulfide) groups is 1. The predicted octanol–water partition coefficient (Wildman–Crippen LogP) is 2.84. The van der Waals surface area contributed by atoms with Crippen molar-refractivity contribution in [3.8, 4) is 11.8 Å². The van der Waals surface area contributed by atoms with E-state index >= 15 is 0 Å². The van der Waals surface area contributed by atoms with Crippen LogP contribution in [0, 0.1) is 18.3 Å². The molecule has 0 radical (unpaired) electrons. The van der Waals surface area contributed by atoms with Crippen molar-refractivity contribution in [2.75, 3.05) is 36.2 Å². The first kappa shape index (κ1) is 21.9. The van der Waals surface area contributed by atoms with Crippen LogP contribution in [-0.2, 0) is 4.79 Å². The number of aliphatic hydroxyl groups excluding tert-OH is 1. The van der Waals surface area contributed by atoms with Crippen LogP contribution in [0.4, 0.5) is 11.4 Å². The number of fused-ring (bicyclic) bond motifs is 1. The normalized spacial score (nSPS) is 14.4. The molecule has 1 amide bonds. The molecule has 0 spiro atoms. The van der Waals surface area contributed by atoms with Gasteiger partial charge in [-0.05, 0) is 38.0 Å². The number of piperidine rings is 1. The van der Waals surface area contributed by atoms with E-state index in [1.807, 2.05) is 18.2 Å². The molecule has 3 N–H and O–H groups in total. The summed E-state index contributed by atoms with van der Waals surface area (Å²) in [6.45, 7) is 3.28. The number of methoxy groups -OCH3 is 1. The van der Waals surface area contributed by atoms with Gasteiger partial charge in [-0.2, -0.15) is 5.26 Å². The Morgan fingerprint density at radius 1 is 1.44 bits per heavy atom. The van der Waals surface area contributed by atoms with Gasteiger partial charge in [0.15, 0.2) is 5.16 Å². The number of nitrogens with zero attached hydrogens (tertiary/aromatic N) is 4. The summed E-state index contributed by atoms with van der Waals surface area (Å²) in [4.78, 5) is 26.4. The number of pyridine rings is 1. The van der Waals surface area contributed by atoms with Crippen LogP contribution >= 0.6 is 11.8 Å². The number of hydrogen-bond acceptors (Lipinski definition) is 8. The first-order valence-electron chi connectivity index (χ1n) is 10.3. The summed E-state index contributed by atoms with van der Waals surface area (Å²) in [6, 6.07) is 7.60. The topological polar surface area (TPSA) is 127 Å². The molecule has 1 saturated heterocycles. The number of hydrogen-bond donors (Lipinski definition) is 3. The molecule has 1 aliphatic rings. The number of H-pyrrole nitrogens is 1. The maximum Gasteiger partial charge on any atom is 0.234 e. The van der Waals surface area contributed by atoms with Crippen molar-refractivity contribution in [1.82, 2.24) is 15.0 Å². The molecule has 1 aromatic carbocycles. The van der Waals surface area contributed by atoms with Crippen molar-refractivity contribution < 1.29 is 14.6 Å². The molecule has 0 unspecified atom stereocenters. The maximum absolute atomic E-state index is 12.5. The number of nitriles is 1. The van der Waals surface area contributed by atoms with Gasteiger partial charge >= 0.3 is 0 Å². The summed E-state index contributed by atoms with van der Waals surface area (Å²) in [7, 11) is 1.62. The summed E-state index contributed by atoms with van der Waals surface area (Å²) in [5.74, 6) is 0.749. The standard InChI is InChI=1S/C22H24N6O3S/c1-13-16(10-23)24-11-17-21(13)27-22(26-17)32-12-20(30)25-14-3-4-19(31-2)18(9-14)28-7-5-15(29)6-8-28/h3-4,9,11,15,29H,5-8,12H2,1-2H3,(H,25,30)(H,26,27). The molecule has 166 valence electrons. The molecule has 1 aliphatic heterocycles. The molecule has 9 nitrogen and oxygen atoms in total. The number of ether oxygens (including phenoxy) is 1. The maximum atomic E-state index is 12.5. The van der Waals surface area contributed by atoms with Crippen molar-refractivity contribution in [3.05, 3.63) is 35.7 Å². The third kappa shape index (κ3) is 4.64. The van der Waals surface area contributed by atoms with Gasteiger partial charge in [-0.15, -0.1) is 0 Å². The summed E-state index contributed by atoms with van der Waals surface area (Å²) < 4.78 is 5.49.